The van der Waals surface area contributed by atoms with Gasteiger partial charge in [-0.3, -0.25) is 0 Å². The number of halogens is 1. The van der Waals surface area contributed by atoms with E-state index in [1.807, 2.05) is 31.9 Å². The predicted octanol–water partition coefficient (Wildman–Crippen LogP) is 2.01. The Hall–Kier alpha value is -1.29. The van der Waals surface area contributed by atoms with Crippen molar-refractivity contribution in [1.29, 1.82) is 0 Å². The molecule has 0 fully saturated rings. The normalized spacial score (nSPS) is 10.6. The summed E-state index contributed by atoms with van der Waals surface area (Å²) in [5.74, 6) is -0.0463. The van der Waals surface area contributed by atoms with Crippen LogP contribution in [0.15, 0.2) is 18.2 Å². The molecule has 0 bridgehead atoms. The summed E-state index contributed by atoms with van der Waals surface area (Å²) in [5.41, 5.74) is 6.25. The molecule has 1 rings (SSSR count). The minimum absolute atomic E-state index is 0.0258. The highest BCUT2D eigenvalue weighted by molar-refractivity contribution is 5.49. The van der Waals surface area contributed by atoms with Crippen LogP contribution in [0.4, 0.5) is 10.1 Å². The molecular formula is C12H19FN2O. The maximum absolute atomic E-state index is 13.6. The van der Waals surface area contributed by atoms with Crippen LogP contribution in [0.5, 0.6) is 5.75 Å². The lowest BCUT2D eigenvalue weighted by atomic mass is 10.2. The highest BCUT2D eigenvalue weighted by atomic mass is 19.1. The van der Waals surface area contributed by atoms with Crippen molar-refractivity contribution in [3.8, 4) is 5.75 Å². The summed E-state index contributed by atoms with van der Waals surface area (Å²) in [4.78, 5) is 1.90. The summed E-state index contributed by atoms with van der Waals surface area (Å²) in [7, 11) is 1.88. The molecule has 4 heteroatoms. The third-order valence-electron chi connectivity index (χ3n) is 2.18. The van der Waals surface area contributed by atoms with E-state index in [1.165, 1.54) is 6.07 Å². The Kier molecular flexibility index (Phi) is 4.55. The Morgan fingerprint density at radius 2 is 2.12 bits per heavy atom. The van der Waals surface area contributed by atoms with Crippen molar-refractivity contribution >= 4 is 5.69 Å². The van der Waals surface area contributed by atoms with Crippen molar-refractivity contribution in [3.05, 3.63) is 24.0 Å². The summed E-state index contributed by atoms with van der Waals surface area (Å²) in [6.07, 6.45) is -0.0258. The van der Waals surface area contributed by atoms with Crippen LogP contribution in [0.25, 0.3) is 0 Å². The number of nitrogens with zero attached hydrogens (tertiary/aromatic N) is 1. The molecule has 0 aliphatic carbocycles. The molecule has 0 unspecified atom stereocenters. The van der Waals surface area contributed by atoms with Crippen LogP contribution in [-0.4, -0.2) is 26.2 Å². The molecule has 16 heavy (non-hydrogen) atoms. The Morgan fingerprint density at radius 1 is 1.44 bits per heavy atom. The van der Waals surface area contributed by atoms with Gasteiger partial charge in [-0.2, -0.15) is 0 Å². The zero-order valence-electron chi connectivity index (χ0n) is 10.0. The van der Waals surface area contributed by atoms with Gasteiger partial charge in [-0.05, 0) is 26.0 Å². The number of hydrogen-bond acceptors (Lipinski definition) is 3. The molecule has 0 aliphatic heterocycles. The molecule has 0 amide bonds. The first-order chi connectivity index (χ1) is 7.54. The molecule has 90 valence electrons. The van der Waals surface area contributed by atoms with Gasteiger partial charge in [-0.1, -0.05) is 0 Å². The van der Waals surface area contributed by atoms with Crippen LogP contribution < -0.4 is 15.4 Å². The molecule has 2 N–H and O–H groups in total. The zero-order chi connectivity index (χ0) is 12.1. The molecule has 0 saturated heterocycles. The highest BCUT2D eigenvalue weighted by Crippen LogP contribution is 2.23. The van der Waals surface area contributed by atoms with Crippen molar-refractivity contribution in [2.75, 3.05) is 25.0 Å². The average molecular weight is 226 g/mol. The SMILES string of the molecule is CC(C)Oc1ccc(N(C)CCN)cc1F. The molecule has 0 aliphatic rings. The van der Waals surface area contributed by atoms with Gasteiger partial charge in [0.1, 0.15) is 0 Å². The standard InChI is InChI=1S/C12H19FN2O/c1-9(2)16-12-5-4-10(8-11(12)13)15(3)7-6-14/h4-5,8-9H,6-7,14H2,1-3H3. The van der Waals surface area contributed by atoms with E-state index < -0.39 is 0 Å². The average Bonchev–Trinajstić information content (AvgIpc) is 2.20. The molecule has 0 aromatic heterocycles. The topological polar surface area (TPSA) is 38.5 Å². The monoisotopic (exact) mass is 226 g/mol. The van der Waals surface area contributed by atoms with Crippen LogP contribution in [-0.2, 0) is 0 Å². The van der Waals surface area contributed by atoms with Crippen LogP contribution >= 0.6 is 0 Å². The molecule has 0 heterocycles. The molecule has 3 nitrogen and oxygen atoms in total. The van der Waals surface area contributed by atoms with E-state index >= 15 is 0 Å². The second-order valence-electron chi connectivity index (χ2n) is 3.99. The summed E-state index contributed by atoms with van der Waals surface area (Å²) >= 11 is 0. The number of hydrogen-bond donors (Lipinski definition) is 1. The van der Waals surface area contributed by atoms with Gasteiger partial charge in [0, 0.05) is 31.9 Å². The van der Waals surface area contributed by atoms with Gasteiger partial charge in [0.05, 0.1) is 6.10 Å². The first kappa shape index (κ1) is 12.8. The van der Waals surface area contributed by atoms with Crippen molar-refractivity contribution in [3.63, 3.8) is 0 Å². The molecule has 1 aromatic carbocycles. The fraction of sp³-hybridized carbons (Fsp3) is 0.500. The lowest BCUT2D eigenvalue weighted by molar-refractivity contribution is 0.231. The van der Waals surface area contributed by atoms with Gasteiger partial charge in [0.25, 0.3) is 0 Å². The first-order valence-corrected chi connectivity index (χ1v) is 5.42. The number of likely N-dealkylation sites (N-methyl/N-ethyl adjacent to an activating group) is 1. The smallest absolute Gasteiger partial charge is 0.167 e. The molecule has 0 spiro atoms. The fourth-order valence-electron chi connectivity index (χ4n) is 1.40. The fourth-order valence-corrected chi connectivity index (χ4v) is 1.40. The quantitative estimate of drug-likeness (QED) is 0.834. The van der Waals surface area contributed by atoms with Gasteiger partial charge in [-0.15, -0.1) is 0 Å². The van der Waals surface area contributed by atoms with Crippen LogP contribution in [0.3, 0.4) is 0 Å². The lowest BCUT2D eigenvalue weighted by Crippen LogP contribution is -2.25. The zero-order valence-corrected chi connectivity index (χ0v) is 10.0. The van der Waals surface area contributed by atoms with Gasteiger partial charge in [-0.25, -0.2) is 4.39 Å². The molecule has 0 atom stereocenters. The molecule has 0 saturated carbocycles. The minimum atomic E-state index is -0.338. The number of benzene rings is 1. The van der Waals surface area contributed by atoms with E-state index in [4.69, 9.17) is 10.5 Å². The summed E-state index contributed by atoms with van der Waals surface area (Å²) in [6, 6.07) is 4.95. The second kappa shape index (κ2) is 5.70. The summed E-state index contributed by atoms with van der Waals surface area (Å²) in [6.45, 7) is 4.98. The van der Waals surface area contributed by atoms with Crippen LogP contribution in [0.1, 0.15) is 13.8 Å². The second-order valence-corrected chi connectivity index (χ2v) is 3.99. The van der Waals surface area contributed by atoms with Gasteiger partial charge < -0.3 is 15.4 Å². The number of anilines is 1. The molecular weight excluding hydrogens is 207 g/mol. The number of ether oxygens (including phenoxy) is 1. The van der Waals surface area contributed by atoms with E-state index in [0.29, 0.717) is 18.8 Å². The van der Waals surface area contributed by atoms with Crippen molar-refractivity contribution in [2.45, 2.75) is 20.0 Å². The van der Waals surface area contributed by atoms with Crippen LogP contribution in [0.2, 0.25) is 0 Å². The summed E-state index contributed by atoms with van der Waals surface area (Å²) < 4.78 is 18.9. The third kappa shape index (κ3) is 3.38. The van der Waals surface area contributed by atoms with Gasteiger partial charge in [0.15, 0.2) is 11.6 Å². The Balaban J connectivity index is 2.82. The van der Waals surface area contributed by atoms with E-state index in [2.05, 4.69) is 0 Å². The first-order valence-electron chi connectivity index (χ1n) is 5.42. The minimum Gasteiger partial charge on any atom is -0.488 e. The van der Waals surface area contributed by atoms with E-state index in [9.17, 15) is 4.39 Å². The van der Waals surface area contributed by atoms with E-state index in [0.717, 1.165) is 5.69 Å². The lowest BCUT2D eigenvalue weighted by Gasteiger charge is -2.19. The predicted molar refractivity (Wildman–Crippen MR) is 64.5 cm³/mol. The molecule has 1 aromatic rings. The van der Waals surface area contributed by atoms with Crippen molar-refractivity contribution in [2.24, 2.45) is 5.73 Å². The van der Waals surface area contributed by atoms with Crippen LogP contribution in [0, 0.1) is 5.82 Å². The Morgan fingerprint density at radius 3 is 2.62 bits per heavy atom. The largest absolute Gasteiger partial charge is 0.488 e. The third-order valence-corrected chi connectivity index (χ3v) is 2.18. The highest BCUT2D eigenvalue weighted by Gasteiger charge is 2.08. The Labute approximate surface area is 96.0 Å². The van der Waals surface area contributed by atoms with E-state index in [1.54, 1.807) is 6.07 Å². The van der Waals surface area contributed by atoms with Gasteiger partial charge in [0.2, 0.25) is 0 Å². The maximum Gasteiger partial charge on any atom is 0.167 e. The number of nitrogens with two attached hydrogens (primary N) is 1. The number of rotatable bonds is 5. The maximum atomic E-state index is 13.6. The summed E-state index contributed by atoms with van der Waals surface area (Å²) in [5, 5.41) is 0. The van der Waals surface area contributed by atoms with Gasteiger partial charge >= 0.3 is 0 Å². The van der Waals surface area contributed by atoms with Crippen molar-refractivity contribution in [1.82, 2.24) is 0 Å². The van der Waals surface area contributed by atoms with E-state index in [-0.39, 0.29) is 11.9 Å². The Bertz CT molecular complexity index is 342. The van der Waals surface area contributed by atoms with Crippen molar-refractivity contribution < 1.29 is 9.13 Å². The molecule has 0 radical (unpaired) electrons.